The number of likely N-dealkylation sites (tertiary alicyclic amines) is 2. The molecular formula is C20H26N4O2S. The van der Waals surface area contributed by atoms with Crippen LogP contribution in [0.15, 0.2) is 24.3 Å². The second kappa shape index (κ2) is 8.35. The lowest BCUT2D eigenvalue weighted by atomic mass is 9.98. The lowest BCUT2D eigenvalue weighted by molar-refractivity contribution is -0.131. The minimum atomic E-state index is 0.292. The third kappa shape index (κ3) is 4.14. The summed E-state index contributed by atoms with van der Waals surface area (Å²) >= 11 is 1.66. The predicted molar refractivity (Wildman–Crippen MR) is 106 cm³/mol. The van der Waals surface area contributed by atoms with Crippen molar-refractivity contribution >= 4 is 17.2 Å². The summed E-state index contributed by atoms with van der Waals surface area (Å²) in [5.74, 6) is 1.56. The van der Waals surface area contributed by atoms with E-state index in [1.807, 2.05) is 29.2 Å². The molecule has 3 heterocycles. The SMILES string of the molecule is COc1ccccc1-c1nnc(C2CCN(CC(=O)N3CCCC3)CC2)s1. The van der Waals surface area contributed by atoms with Gasteiger partial charge in [0, 0.05) is 19.0 Å². The molecule has 0 radical (unpaired) electrons. The van der Waals surface area contributed by atoms with E-state index in [4.69, 9.17) is 4.74 Å². The van der Waals surface area contributed by atoms with Crippen LogP contribution < -0.4 is 4.74 Å². The molecule has 0 spiro atoms. The third-order valence-corrected chi connectivity index (χ3v) is 6.65. The highest BCUT2D eigenvalue weighted by Crippen LogP contribution is 2.36. The van der Waals surface area contributed by atoms with Gasteiger partial charge in [-0.05, 0) is 50.9 Å². The number of aromatic nitrogens is 2. The Bertz CT molecular complexity index is 780. The fourth-order valence-electron chi connectivity index (χ4n) is 3.93. The van der Waals surface area contributed by atoms with Gasteiger partial charge in [-0.25, -0.2) is 0 Å². The number of hydrogen-bond donors (Lipinski definition) is 0. The van der Waals surface area contributed by atoms with Gasteiger partial charge in [0.15, 0.2) is 5.01 Å². The van der Waals surface area contributed by atoms with Gasteiger partial charge >= 0.3 is 0 Å². The molecule has 1 aromatic heterocycles. The zero-order valence-corrected chi connectivity index (χ0v) is 16.6. The van der Waals surface area contributed by atoms with Crippen LogP contribution in [0.4, 0.5) is 0 Å². The van der Waals surface area contributed by atoms with Crippen LogP contribution >= 0.6 is 11.3 Å². The van der Waals surface area contributed by atoms with E-state index in [1.54, 1.807) is 18.4 Å². The number of carbonyl (C=O) groups is 1. The van der Waals surface area contributed by atoms with E-state index in [1.165, 1.54) is 0 Å². The van der Waals surface area contributed by atoms with Crippen LogP contribution in [0.2, 0.25) is 0 Å². The van der Waals surface area contributed by atoms with Crippen molar-refractivity contribution in [1.82, 2.24) is 20.0 Å². The molecule has 6 nitrogen and oxygen atoms in total. The summed E-state index contributed by atoms with van der Waals surface area (Å²) in [5, 5.41) is 10.9. The summed E-state index contributed by atoms with van der Waals surface area (Å²) in [5.41, 5.74) is 0.998. The summed E-state index contributed by atoms with van der Waals surface area (Å²) in [6, 6.07) is 7.93. The normalized spacial score (nSPS) is 18.8. The van der Waals surface area contributed by atoms with Gasteiger partial charge < -0.3 is 9.64 Å². The van der Waals surface area contributed by atoms with Crippen LogP contribution in [-0.4, -0.2) is 65.7 Å². The highest BCUT2D eigenvalue weighted by atomic mass is 32.1. The maximum atomic E-state index is 12.3. The number of rotatable bonds is 5. The van der Waals surface area contributed by atoms with Gasteiger partial charge in [0.25, 0.3) is 0 Å². The van der Waals surface area contributed by atoms with Gasteiger partial charge in [0.2, 0.25) is 5.91 Å². The molecule has 2 fully saturated rings. The molecule has 144 valence electrons. The molecule has 0 N–H and O–H groups in total. The van der Waals surface area contributed by atoms with E-state index in [0.717, 1.165) is 73.2 Å². The summed E-state index contributed by atoms with van der Waals surface area (Å²) in [6.07, 6.45) is 4.38. The number of para-hydroxylation sites is 1. The van der Waals surface area contributed by atoms with Crippen LogP contribution in [-0.2, 0) is 4.79 Å². The summed E-state index contributed by atoms with van der Waals surface area (Å²) in [4.78, 5) is 16.6. The molecular weight excluding hydrogens is 360 g/mol. The molecule has 27 heavy (non-hydrogen) atoms. The fourth-order valence-corrected chi connectivity index (χ4v) is 4.97. The molecule has 4 rings (SSSR count). The van der Waals surface area contributed by atoms with E-state index in [0.29, 0.717) is 18.4 Å². The van der Waals surface area contributed by atoms with Crippen LogP contribution in [0.1, 0.15) is 36.6 Å². The molecule has 2 aromatic rings. The Balaban J connectivity index is 1.35. The van der Waals surface area contributed by atoms with Crippen molar-refractivity contribution in [2.45, 2.75) is 31.6 Å². The Hall–Kier alpha value is -1.99. The topological polar surface area (TPSA) is 58.6 Å². The van der Waals surface area contributed by atoms with Crippen LogP contribution in [0, 0.1) is 0 Å². The molecule has 1 aromatic carbocycles. The standard InChI is InChI=1S/C20H26N4O2S/c1-26-17-7-3-2-6-16(17)20-22-21-19(27-20)15-8-12-23(13-9-15)14-18(25)24-10-4-5-11-24/h2-3,6-7,15H,4-5,8-14H2,1H3. The number of benzene rings is 1. The largest absolute Gasteiger partial charge is 0.496 e. The molecule has 0 unspecified atom stereocenters. The van der Waals surface area contributed by atoms with Gasteiger partial charge in [-0.1, -0.05) is 23.5 Å². The summed E-state index contributed by atoms with van der Waals surface area (Å²) < 4.78 is 5.44. The molecule has 2 saturated heterocycles. The minimum absolute atomic E-state index is 0.292. The first-order chi connectivity index (χ1) is 13.2. The van der Waals surface area contributed by atoms with Crippen molar-refractivity contribution in [3.8, 4) is 16.3 Å². The number of nitrogens with zero attached hydrogens (tertiary/aromatic N) is 4. The smallest absolute Gasteiger partial charge is 0.236 e. The monoisotopic (exact) mass is 386 g/mol. The molecule has 7 heteroatoms. The van der Waals surface area contributed by atoms with Crippen molar-refractivity contribution in [3.63, 3.8) is 0 Å². The predicted octanol–water partition coefficient (Wildman–Crippen LogP) is 3.02. The Morgan fingerprint density at radius 1 is 1.15 bits per heavy atom. The summed E-state index contributed by atoms with van der Waals surface area (Å²) in [6.45, 7) is 4.34. The second-order valence-electron chi connectivity index (χ2n) is 7.28. The zero-order valence-electron chi connectivity index (χ0n) is 15.8. The lowest BCUT2D eigenvalue weighted by Gasteiger charge is -2.31. The van der Waals surface area contributed by atoms with Crippen molar-refractivity contribution in [2.24, 2.45) is 0 Å². The van der Waals surface area contributed by atoms with Gasteiger partial charge in [0.1, 0.15) is 10.8 Å². The molecule has 2 aliphatic heterocycles. The quantitative estimate of drug-likeness (QED) is 0.791. The highest BCUT2D eigenvalue weighted by molar-refractivity contribution is 7.14. The van der Waals surface area contributed by atoms with Gasteiger partial charge in [0.05, 0.1) is 19.2 Å². The van der Waals surface area contributed by atoms with E-state index < -0.39 is 0 Å². The van der Waals surface area contributed by atoms with Crippen LogP contribution in [0.5, 0.6) is 5.75 Å². The van der Waals surface area contributed by atoms with Gasteiger partial charge in [-0.3, -0.25) is 9.69 Å². The minimum Gasteiger partial charge on any atom is -0.496 e. The molecule has 0 bridgehead atoms. The Kier molecular flexibility index (Phi) is 5.69. The lowest BCUT2D eigenvalue weighted by Crippen LogP contribution is -2.42. The van der Waals surface area contributed by atoms with Crippen molar-refractivity contribution in [1.29, 1.82) is 0 Å². The molecule has 0 aliphatic carbocycles. The van der Waals surface area contributed by atoms with Crippen molar-refractivity contribution in [3.05, 3.63) is 29.3 Å². The second-order valence-corrected chi connectivity index (χ2v) is 8.29. The van der Waals surface area contributed by atoms with Crippen LogP contribution in [0.25, 0.3) is 10.6 Å². The van der Waals surface area contributed by atoms with E-state index in [2.05, 4.69) is 15.1 Å². The number of hydrogen-bond acceptors (Lipinski definition) is 6. The number of carbonyl (C=O) groups excluding carboxylic acids is 1. The van der Waals surface area contributed by atoms with Crippen molar-refractivity contribution in [2.75, 3.05) is 39.8 Å². The number of ether oxygens (including phenoxy) is 1. The Labute approximate surface area is 164 Å². The van der Waals surface area contributed by atoms with E-state index in [-0.39, 0.29) is 0 Å². The fraction of sp³-hybridized carbons (Fsp3) is 0.550. The van der Waals surface area contributed by atoms with Gasteiger partial charge in [-0.2, -0.15) is 0 Å². The number of amides is 1. The van der Waals surface area contributed by atoms with E-state index in [9.17, 15) is 4.79 Å². The number of methoxy groups -OCH3 is 1. The first-order valence-corrected chi connectivity index (χ1v) is 10.5. The maximum Gasteiger partial charge on any atom is 0.236 e. The zero-order chi connectivity index (χ0) is 18.6. The first kappa shape index (κ1) is 18.4. The van der Waals surface area contributed by atoms with Gasteiger partial charge in [-0.15, -0.1) is 10.2 Å². The van der Waals surface area contributed by atoms with Crippen LogP contribution in [0.3, 0.4) is 0 Å². The summed E-state index contributed by atoms with van der Waals surface area (Å²) in [7, 11) is 1.68. The molecule has 0 atom stereocenters. The molecule has 0 saturated carbocycles. The molecule has 2 aliphatic rings. The van der Waals surface area contributed by atoms with E-state index >= 15 is 0 Å². The highest BCUT2D eigenvalue weighted by Gasteiger charge is 2.27. The average molecular weight is 387 g/mol. The Morgan fingerprint density at radius 2 is 1.89 bits per heavy atom. The Morgan fingerprint density at radius 3 is 2.63 bits per heavy atom. The molecule has 1 amide bonds. The third-order valence-electron chi connectivity index (χ3n) is 5.53. The average Bonchev–Trinajstić information content (AvgIpc) is 3.41. The van der Waals surface area contributed by atoms with Crippen molar-refractivity contribution < 1.29 is 9.53 Å². The number of piperidine rings is 1. The maximum absolute atomic E-state index is 12.3. The first-order valence-electron chi connectivity index (χ1n) is 9.71.